The number of likely N-dealkylation sites (N-methyl/N-ethyl adjacent to an activating group) is 1. The number of likely N-dealkylation sites (tertiary alicyclic amines) is 2. The van der Waals surface area contributed by atoms with Crippen LogP contribution in [0, 0.1) is 0 Å². The molecule has 0 aliphatic carbocycles. The summed E-state index contributed by atoms with van der Waals surface area (Å²) in [5, 5.41) is 0. The molecule has 0 aromatic carbocycles. The second kappa shape index (κ2) is 9.67. The number of carbonyl (C=O) groups is 2. The molecule has 0 spiro atoms. The van der Waals surface area contributed by atoms with Crippen molar-refractivity contribution in [1.82, 2.24) is 19.6 Å². The maximum absolute atomic E-state index is 12.1. The van der Waals surface area contributed by atoms with Gasteiger partial charge in [-0.25, -0.2) is 0 Å². The number of piperazine rings is 1. The average molecular weight is 367 g/mol. The van der Waals surface area contributed by atoms with Gasteiger partial charge in [0.2, 0.25) is 0 Å². The van der Waals surface area contributed by atoms with Crippen LogP contribution in [0.2, 0.25) is 0 Å². The molecule has 7 heteroatoms. The van der Waals surface area contributed by atoms with Gasteiger partial charge in [-0.3, -0.25) is 19.4 Å². The maximum Gasteiger partial charge on any atom is 0.320 e. The summed E-state index contributed by atoms with van der Waals surface area (Å²) < 4.78 is 5.23. The van der Waals surface area contributed by atoms with Crippen LogP contribution in [0.15, 0.2) is 0 Å². The van der Waals surface area contributed by atoms with Crippen molar-refractivity contribution < 1.29 is 14.3 Å². The first-order valence-electron chi connectivity index (χ1n) is 10.2. The van der Waals surface area contributed by atoms with Crippen molar-refractivity contribution in [1.29, 1.82) is 0 Å². The second-order valence-electron chi connectivity index (χ2n) is 7.95. The smallest absolute Gasteiger partial charge is 0.320 e. The Balaban J connectivity index is 1.31. The number of piperidine rings is 2. The number of hydrogen-bond acceptors (Lipinski definition) is 6. The number of rotatable bonds is 5. The monoisotopic (exact) mass is 366 g/mol. The minimum atomic E-state index is -0.270. The third kappa shape index (κ3) is 5.66. The molecule has 1 amide bonds. The second-order valence-corrected chi connectivity index (χ2v) is 7.95. The van der Waals surface area contributed by atoms with Crippen molar-refractivity contribution in [3.8, 4) is 0 Å². The number of hydrogen-bond donors (Lipinski definition) is 0. The summed E-state index contributed by atoms with van der Waals surface area (Å²) in [4.78, 5) is 33.1. The van der Waals surface area contributed by atoms with Gasteiger partial charge in [0.25, 0.3) is 5.91 Å². The van der Waals surface area contributed by atoms with E-state index in [9.17, 15) is 9.59 Å². The number of amides is 1. The highest BCUT2D eigenvalue weighted by Gasteiger charge is 2.27. The molecular weight excluding hydrogens is 332 g/mol. The highest BCUT2D eigenvalue weighted by atomic mass is 16.5. The van der Waals surface area contributed by atoms with Gasteiger partial charge in [-0.1, -0.05) is 0 Å². The first-order chi connectivity index (χ1) is 12.6. The summed E-state index contributed by atoms with van der Waals surface area (Å²) >= 11 is 0. The van der Waals surface area contributed by atoms with Crippen LogP contribution < -0.4 is 0 Å². The summed E-state index contributed by atoms with van der Waals surface area (Å²) in [6.07, 6.45) is 5.53. The lowest BCUT2D eigenvalue weighted by atomic mass is 10.0. The zero-order chi connectivity index (χ0) is 18.4. The van der Waals surface area contributed by atoms with Crippen molar-refractivity contribution in [2.45, 2.75) is 38.1 Å². The van der Waals surface area contributed by atoms with E-state index < -0.39 is 0 Å². The molecule has 7 nitrogen and oxygen atoms in total. The Morgan fingerprint density at radius 3 is 2.19 bits per heavy atom. The zero-order valence-electron chi connectivity index (χ0n) is 16.2. The first kappa shape index (κ1) is 19.6. The van der Waals surface area contributed by atoms with Crippen LogP contribution in [-0.4, -0.2) is 110 Å². The predicted molar refractivity (Wildman–Crippen MR) is 99.9 cm³/mol. The third-order valence-corrected chi connectivity index (χ3v) is 6.03. The topological polar surface area (TPSA) is 56.3 Å². The third-order valence-electron chi connectivity index (χ3n) is 6.03. The SMILES string of the molecule is CN1CCN(C2CCN(CC(=O)OCC(=O)N3CCCCC3)CC2)CC1. The lowest BCUT2D eigenvalue weighted by Crippen LogP contribution is -2.52. The van der Waals surface area contributed by atoms with Crippen molar-refractivity contribution in [2.75, 3.05) is 72.6 Å². The standard InChI is InChI=1S/C19H34N4O3/c1-20-11-13-22(14-12-20)17-5-9-21(10-6-17)15-19(25)26-16-18(24)23-7-3-2-4-8-23/h17H,2-16H2,1H3. The van der Waals surface area contributed by atoms with Gasteiger partial charge in [0.05, 0.1) is 6.54 Å². The molecule has 26 heavy (non-hydrogen) atoms. The van der Waals surface area contributed by atoms with Gasteiger partial charge in [0, 0.05) is 58.4 Å². The van der Waals surface area contributed by atoms with Crippen molar-refractivity contribution in [2.24, 2.45) is 0 Å². The van der Waals surface area contributed by atoms with E-state index in [4.69, 9.17) is 4.74 Å². The summed E-state index contributed by atoms with van der Waals surface area (Å²) in [6, 6.07) is 0.650. The van der Waals surface area contributed by atoms with Gasteiger partial charge in [0.15, 0.2) is 6.61 Å². The van der Waals surface area contributed by atoms with E-state index >= 15 is 0 Å². The molecule has 3 aliphatic heterocycles. The molecule has 148 valence electrons. The molecule has 3 saturated heterocycles. The molecule has 3 fully saturated rings. The molecular formula is C19H34N4O3. The van der Waals surface area contributed by atoms with E-state index in [0.717, 1.165) is 78.0 Å². The largest absolute Gasteiger partial charge is 0.455 e. The Morgan fingerprint density at radius 2 is 1.54 bits per heavy atom. The molecule has 0 aromatic heterocycles. The van der Waals surface area contributed by atoms with E-state index in [0.29, 0.717) is 12.6 Å². The highest BCUT2D eigenvalue weighted by molar-refractivity contribution is 5.81. The molecule has 0 atom stereocenters. The minimum absolute atomic E-state index is 0.0492. The Kier molecular flexibility index (Phi) is 7.28. The van der Waals surface area contributed by atoms with Crippen molar-refractivity contribution in [3.63, 3.8) is 0 Å². The van der Waals surface area contributed by atoms with Gasteiger partial charge < -0.3 is 14.5 Å². The normalized spacial score (nSPS) is 24.6. The lowest BCUT2D eigenvalue weighted by molar-refractivity contribution is -0.153. The minimum Gasteiger partial charge on any atom is -0.455 e. The maximum atomic E-state index is 12.1. The summed E-state index contributed by atoms with van der Waals surface area (Å²) in [7, 11) is 2.18. The quantitative estimate of drug-likeness (QED) is 0.651. The lowest BCUT2D eigenvalue weighted by Gasteiger charge is -2.41. The fourth-order valence-corrected chi connectivity index (χ4v) is 4.23. The van der Waals surface area contributed by atoms with Crippen LogP contribution in [0.5, 0.6) is 0 Å². The Bertz CT molecular complexity index is 465. The number of carbonyl (C=O) groups excluding carboxylic acids is 2. The Morgan fingerprint density at radius 1 is 0.885 bits per heavy atom. The van der Waals surface area contributed by atoms with Crippen molar-refractivity contribution in [3.05, 3.63) is 0 Å². The summed E-state index contributed by atoms with van der Waals surface area (Å²) in [5.41, 5.74) is 0. The fourth-order valence-electron chi connectivity index (χ4n) is 4.23. The van der Waals surface area contributed by atoms with E-state index in [1.807, 2.05) is 4.90 Å². The first-order valence-corrected chi connectivity index (χ1v) is 10.2. The molecule has 3 rings (SSSR count). The van der Waals surface area contributed by atoms with Gasteiger partial charge in [-0.2, -0.15) is 0 Å². The van der Waals surface area contributed by atoms with Crippen LogP contribution in [0.4, 0.5) is 0 Å². The highest BCUT2D eigenvalue weighted by Crippen LogP contribution is 2.18. The van der Waals surface area contributed by atoms with Gasteiger partial charge >= 0.3 is 5.97 Å². The number of ether oxygens (including phenoxy) is 1. The van der Waals surface area contributed by atoms with E-state index in [1.165, 1.54) is 6.42 Å². The molecule has 0 unspecified atom stereocenters. The molecule has 0 N–H and O–H groups in total. The van der Waals surface area contributed by atoms with Crippen LogP contribution in [0.1, 0.15) is 32.1 Å². The van der Waals surface area contributed by atoms with Crippen LogP contribution >= 0.6 is 0 Å². The molecule has 3 heterocycles. The zero-order valence-corrected chi connectivity index (χ0v) is 16.2. The molecule has 0 aromatic rings. The summed E-state index contributed by atoms with van der Waals surface area (Å²) in [6.45, 7) is 8.29. The van der Waals surface area contributed by atoms with Gasteiger partial charge in [0.1, 0.15) is 0 Å². The van der Waals surface area contributed by atoms with E-state index in [1.54, 1.807) is 0 Å². The van der Waals surface area contributed by atoms with E-state index in [-0.39, 0.29) is 18.5 Å². The molecule has 0 saturated carbocycles. The van der Waals surface area contributed by atoms with Gasteiger partial charge in [-0.15, -0.1) is 0 Å². The molecule has 0 bridgehead atoms. The predicted octanol–water partition coefficient (Wildman–Crippen LogP) is 0.254. The number of esters is 1. The van der Waals surface area contributed by atoms with Crippen molar-refractivity contribution >= 4 is 11.9 Å². The van der Waals surface area contributed by atoms with Gasteiger partial charge in [-0.05, 0) is 39.2 Å². The van der Waals surface area contributed by atoms with Crippen LogP contribution in [-0.2, 0) is 14.3 Å². The van der Waals surface area contributed by atoms with E-state index in [2.05, 4.69) is 21.7 Å². The Labute approximate surface area is 157 Å². The molecule has 3 aliphatic rings. The van der Waals surface area contributed by atoms with Crippen LogP contribution in [0.25, 0.3) is 0 Å². The number of nitrogens with zero attached hydrogens (tertiary/aromatic N) is 4. The summed E-state index contributed by atoms with van der Waals surface area (Å²) in [5.74, 6) is -0.319. The fraction of sp³-hybridized carbons (Fsp3) is 0.895. The molecule has 0 radical (unpaired) electrons. The average Bonchev–Trinajstić information content (AvgIpc) is 2.68. The van der Waals surface area contributed by atoms with Crippen LogP contribution in [0.3, 0.4) is 0 Å². The Hall–Kier alpha value is -1.18.